The number of ketones is 1. The zero-order valence-corrected chi connectivity index (χ0v) is 14.9. The van der Waals surface area contributed by atoms with Crippen LogP contribution in [0, 0.1) is 13.8 Å². The summed E-state index contributed by atoms with van der Waals surface area (Å²) in [6.45, 7) is 3.84. The Bertz CT molecular complexity index is 912. The quantitative estimate of drug-likeness (QED) is 0.683. The molecule has 0 atom stereocenters. The maximum atomic E-state index is 12.3. The van der Waals surface area contributed by atoms with Crippen LogP contribution in [0.2, 0.25) is 0 Å². The van der Waals surface area contributed by atoms with E-state index >= 15 is 0 Å². The number of nitrogens with one attached hydrogen (secondary N) is 1. The molecule has 0 aliphatic heterocycles. The number of amides is 1. The SMILES string of the molecule is Cc1ccc(C(=O)CCC(=O)Nc2cc(C)nn2-c2ccccc2)cc1. The molecule has 1 amide bonds. The van der Waals surface area contributed by atoms with E-state index in [1.807, 2.05) is 62.4 Å². The number of Topliss-reactive ketones (excluding diaryl/α,β-unsaturated/α-hetero) is 1. The molecule has 1 heterocycles. The van der Waals surface area contributed by atoms with Crippen LogP contribution in [-0.4, -0.2) is 21.5 Å². The first-order valence-corrected chi connectivity index (χ1v) is 8.55. The summed E-state index contributed by atoms with van der Waals surface area (Å²) in [7, 11) is 0. The van der Waals surface area contributed by atoms with Crippen LogP contribution in [0.4, 0.5) is 5.82 Å². The van der Waals surface area contributed by atoms with Crippen LogP contribution in [0.25, 0.3) is 5.69 Å². The third-order valence-electron chi connectivity index (χ3n) is 4.05. The van der Waals surface area contributed by atoms with Gasteiger partial charge in [0.05, 0.1) is 11.4 Å². The standard InChI is InChI=1S/C21H21N3O2/c1-15-8-10-17(11-9-15)19(25)12-13-21(26)22-20-14-16(2)23-24(20)18-6-4-3-5-7-18/h3-11,14H,12-13H2,1-2H3,(H,22,26). The van der Waals surface area contributed by atoms with Gasteiger partial charge in [0.1, 0.15) is 5.82 Å². The molecule has 0 unspecified atom stereocenters. The molecule has 26 heavy (non-hydrogen) atoms. The minimum absolute atomic E-state index is 0.0344. The highest BCUT2D eigenvalue weighted by Crippen LogP contribution is 2.17. The van der Waals surface area contributed by atoms with Crippen molar-refractivity contribution < 1.29 is 9.59 Å². The molecule has 0 radical (unpaired) electrons. The molecule has 0 aliphatic carbocycles. The molecular weight excluding hydrogens is 326 g/mol. The van der Waals surface area contributed by atoms with Gasteiger partial charge in [-0.15, -0.1) is 0 Å². The van der Waals surface area contributed by atoms with Crippen LogP contribution in [0.5, 0.6) is 0 Å². The molecule has 3 aromatic rings. The van der Waals surface area contributed by atoms with E-state index in [9.17, 15) is 9.59 Å². The molecule has 1 aromatic heterocycles. The van der Waals surface area contributed by atoms with Gasteiger partial charge in [0, 0.05) is 24.5 Å². The second-order valence-corrected chi connectivity index (χ2v) is 6.26. The third kappa shape index (κ3) is 4.25. The van der Waals surface area contributed by atoms with E-state index in [1.165, 1.54) is 0 Å². The predicted molar refractivity (Wildman–Crippen MR) is 102 cm³/mol. The summed E-state index contributed by atoms with van der Waals surface area (Å²) in [4.78, 5) is 24.5. The van der Waals surface area contributed by atoms with Gasteiger partial charge in [0.2, 0.25) is 5.91 Å². The number of para-hydroxylation sites is 1. The molecule has 132 valence electrons. The maximum absolute atomic E-state index is 12.3. The Balaban J connectivity index is 1.64. The average Bonchev–Trinajstić information content (AvgIpc) is 3.01. The molecule has 0 fully saturated rings. The van der Waals surface area contributed by atoms with E-state index < -0.39 is 0 Å². The van der Waals surface area contributed by atoms with Crippen molar-refractivity contribution in [3.05, 3.63) is 77.5 Å². The van der Waals surface area contributed by atoms with Crippen LogP contribution in [-0.2, 0) is 4.79 Å². The Hall–Kier alpha value is -3.21. The fourth-order valence-corrected chi connectivity index (χ4v) is 2.67. The summed E-state index contributed by atoms with van der Waals surface area (Å²) in [5.41, 5.74) is 3.41. The lowest BCUT2D eigenvalue weighted by Crippen LogP contribution is -2.16. The highest BCUT2D eigenvalue weighted by molar-refractivity contribution is 5.99. The monoisotopic (exact) mass is 347 g/mol. The molecule has 3 rings (SSSR count). The van der Waals surface area contributed by atoms with Crippen molar-refractivity contribution in [1.29, 1.82) is 0 Å². The number of hydrogen-bond acceptors (Lipinski definition) is 3. The van der Waals surface area contributed by atoms with Crippen molar-refractivity contribution in [1.82, 2.24) is 9.78 Å². The number of hydrogen-bond donors (Lipinski definition) is 1. The topological polar surface area (TPSA) is 64.0 Å². The van der Waals surface area contributed by atoms with Crippen LogP contribution in [0.3, 0.4) is 0 Å². The van der Waals surface area contributed by atoms with Crippen LogP contribution < -0.4 is 5.32 Å². The third-order valence-corrected chi connectivity index (χ3v) is 4.05. The molecule has 0 saturated heterocycles. The van der Waals surface area contributed by atoms with E-state index in [-0.39, 0.29) is 24.5 Å². The van der Waals surface area contributed by atoms with Crippen molar-refractivity contribution in [3.8, 4) is 5.69 Å². The summed E-state index contributed by atoms with van der Waals surface area (Å²) < 4.78 is 1.69. The second kappa shape index (κ2) is 7.78. The second-order valence-electron chi connectivity index (χ2n) is 6.26. The van der Waals surface area contributed by atoms with Gasteiger partial charge < -0.3 is 5.32 Å². The predicted octanol–water partition coefficient (Wildman–Crippen LogP) is 4.09. The lowest BCUT2D eigenvalue weighted by atomic mass is 10.1. The number of anilines is 1. The Morgan fingerprint density at radius 1 is 0.962 bits per heavy atom. The van der Waals surface area contributed by atoms with E-state index in [0.29, 0.717) is 11.4 Å². The Morgan fingerprint density at radius 3 is 2.35 bits per heavy atom. The Kier molecular flexibility index (Phi) is 5.27. The van der Waals surface area contributed by atoms with Crippen molar-refractivity contribution in [2.24, 2.45) is 0 Å². The zero-order chi connectivity index (χ0) is 18.5. The molecular formula is C21H21N3O2. The first-order chi connectivity index (χ1) is 12.5. The first-order valence-electron chi connectivity index (χ1n) is 8.55. The average molecular weight is 347 g/mol. The van der Waals surface area contributed by atoms with E-state index in [1.54, 1.807) is 16.8 Å². The smallest absolute Gasteiger partial charge is 0.225 e. The molecule has 0 spiro atoms. The zero-order valence-electron chi connectivity index (χ0n) is 14.9. The molecule has 1 N–H and O–H groups in total. The van der Waals surface area contributed by atoms with Crippen molar-refractivity contribution in [3.63, 3.8) is 0 Å². The minimum Gasteiger partial charge on any atom is -0.311 e. The number of aryl methyl sites for hydroxylation is 2. The van der Waals surface area contributed by atoms with E-state index in [2.05, 4.69) is 10.4 Å². The van der Waals surface area contributed by atoms with Gasteiger partial charge in [0.15, 0.2) is 5.78 Å². The minimum atomic E-state index is -0.206. The van der Waals surface area contributed by atoms with Crippen LogP contribution in [0.1, 0.15) is 34.5 Å². The largest absolute Gasteiger partial charge is 0.311 e. The van der Waals surface area contributed by atoms with Gasteiger partial charge in [-0.1, -0.05) is 48.0 Å². The van der Waals surface area contributed by atoms with Gasteiger partial charge in [-0.25, -0.2) is 4.68 Å². The molecule has 2 aromatic carbocycles. The van der Waals surface area contributed by atoms with E-state index in [4.69, 9.17) is 0 Å². The highest BCUT2D eigenvalue weighted by Gasteiger charge is 2.13. The number of carbonyl (C=O) groups is 2. The summed E-state index contributed by atoms with van der Waals surface area (Å²) >= 11 is 0. The van der Waals surface area contributed by atoms with Crippen molar-refractivity contribution in [2.45, 2.75) is 26.7 Å². The van der Waals surface area contributed by atoms with Crippen molar-refractivity contribution in [2.75, 3.05) is 5.32 Å². The maximum Gasteiger partial charge on any atom is 0.225 e. The van der Waals surface area contributed by atoms with Gasteiger partial charge in [0.25, 0.3) is 0 Å². The normalized spacial score (nSPS) is 10.5. The molecule has 0 saturated carbocycles. The van der Waals surface area contributed by atoms with Gasteiger partial charge in [-0.3, -0.25) is 9.59 Å². The summed E-state index contributed by atoms with van der Waals surface area (Å²) in [6.07, 6.45) is 0.305. The summed E-state index contributed by atoms with van der Waals surface area (Å²) in [6, 6.07) is 18.8. The lowest BCUT2D eigenvalue weighted by molar-refractivity contribution is -0.116. The lowest BCUT2D eigenvalue weighted by Gasteiger charge is -2.09. The number of nitrogens with zero attached hydrogens (tertiary/aromatic N) is 2. The van der Waals surface area contributed by atoms with E-state index in [0.717, 1.165) is 16.9 Å². The van der Waals surface area contributed by atoms with Crippen LogP contribution >= 0.6 is 0 Å². The molecule has 0 aliphatic rings. The summed E-state index contributed by atoms with van der Waals surface area (Å²) in [5, 5.41) is 7.28. The molecule has 5 nitrogen and oxygen atoms in total. The Labute approximate surface area is 152 Å². The highest BCUT2D eigenvalue weighted by atomic mass is 16.2. The van der Waals surface area contributed by atoms with Gasteiger partial charge >= 0.3 is 0 Å². The van der Waals surface area contributed by atoms with Crippen LogP contribution in [0.15, 0.2) is 60.7 Å². The first kappa shape index (κ1) is 17.6. The van der Waals surface area contributed by atoms with Crippen molar-refractivity contribution >= 4 is 17.5 Å². The number of carbonyl (C=O) groups excluding carboxylic acids is 2. The van der Waals surface area contributed by atoms with Gasteiger partial charge in [-0.2, -0.15) is 5.10 Å². The fourth-order valence-electron chi connectivity index (χ4n) is 2.67. The number of rotatable bonds is 6. The molecule has 0 bridgehead atoms. The fraction of sp³-hybridized carbons (Fsp3) is 0.190. The number of aromatic nitrogens is 2. The molecule has 5 heteroatoms. The Morgan fingerprint density at radius 2 is 1.65 bits per heavy atom. The van der Waals surface area contributed by atoms with Gasteiger partial charge in [-0.05, 0) is 26.0 Å². The summed E-state index contributed by atoms with van der Waals surface area (Å²) in [5.74, 6) is 0.358. The number of benzene rings is 2.